The molecule has 29 heavy (non-hydrogen) atoms. The molecule has 2 atom stereocenters. The first-order valence-corrected chi connectivity index (χ1v) is 9.73. The van der Waals surface area contributed by atoms with Gasteiger partial charge < -0.3 is 9.74 Å². The number of hydrogen-bond acceptors (Lipinski definition) is 5. The number of amides is 1. The summed E-state index contributed by atoms with van der Waals surface area (Å²) >= 11 is 0. The minimum atomic E-state index is -0.231. The summed E-state index contributed by atoms with van der Waals surface area (Å²) in [6.45, 7) is 6.13. The Balaban J connectivity index is 1.35. The zero-order valence-corrected chi connectivity index (χ0v) is 16.5. The number of hydrogen-bond donors (Lipinski definition) is 0. The molecule has 1 aliphatic heterocycles. The third kappa shape index (κ3) is 4.22. The quantitative estimate of drug-likeness (QED) is 0.660. The molecule has 2 heterocycles. The number of carbonyl (C=O) groups excluding carboxylic acids is 1. The summed E-state index contributed by atoms with van der Waals surface area (Å²) in [4.78, 5) is 23.8. The molecule has 152 valence electrons. The van der Waals surface area contributed by atoms with Gasteiger partial charge in [0.1, 0.15) is 16.9 Å². The van der Waals surface area contributed by atoms with E-state index in [4.69, 9.17) is 4.84 Å². The lowest BCUT2D eigenvalue weighted by Gasteiger charge is -2.44. The molecular weight excluding hydrogens is 373 g/mol. The first-order valence-electron chi connectivity index (χ1n) is 9.73. The first kappa shape index (κ1) is 19.3. The third-order valence-electron chi connectivity index (χ3n) is 5.37. The van der Waals surface area contributed by atoms with Crippen LogP contribution in [0, 0.1) is 5.82 Å². The van der Waals surface area contributed by atoms with Crippen LogP contribution in [0.1, 0.15) is 19.4 Å². The highest BCUT2D eigenvalue weighted by atomic mass is 19.1. The topological polar surface area (TPSA) is 63.5 Å². The molecule has 1 aliphatic rings. The Morgan fingerprint density at radius 2 is 1.86 bits per heavy atom. The normalized spacial score (nSPS) is 20.2. The number of carbonyl (C=O) groups is 1. The number of nitrogens with zero attached hydrogens (tertiary/aromatic N) is 5. The second kappa shape index (κ2) is 8.16. The van der Waals surface area contributed by atoms with E-state index in [9.17, 15) is 9.18 Å². The average molecular weight is 397 g/mol. The number of para-hydroxylation sites is 1. The molecular formula is C21H24FN5O2. The molecule has 8 heteroatoms. The van der Waals surface area contributed by atoms with Crippen molar-refractivity contribution in [1.82, 2.24) is 25.0 Å². The molecule has 0 saturated carbocycles. The van der Waals surface area contributed by atoms with Crippen LogP contribution >= 0.6 is 0 Å². The average Bonchev–Trinajstić information content (AvgIpc) is 3.13. The minimum absolute atomic E-state index is 0.0511. The summed E-state index contributed by atoms with van der Waals surface area (Å²) in [6, 6.07) is 14.2. The first-order chi connectivity index (χ1) is 14.0. The summed E-state index contributed by atoms with van der Waals surface area (Å²) < 4.78 is 13.1. The molecule has 4 rings (SSSR count). The van der Waals surface area contributed by atoms with Gasteiger partial charge in [0.05, 0.1) is 0 Å². The van der Waals surface area contributed by atoms with Crippen LogP contribution in [-0.2, 0) is 11.3 Å². The van der Waals surface area contributed by atoms with Crippen LogP contribution in [0.3, 0.4) is 0 Å². The zero-order valence-electron chi connectivity index (χ0n) is 16.5. The molecule has 2 aromatic carbocycles. The molecule has 1 aromatic heterocycles. The number of fused-ring (bicyclic) bond motifs is 1. The maximum Gasteiger partial charge on any atom is 0.263 e. The van der Waals surface area contributed by atoms with Crippen LogP contribution < -0.4 is 4.84 Å². The van der Waals surface area contributed by atoms with Gasteiger partial charge in [0, 0.05) is 31.7 Å². The van der Waals surface area contributed by atoms with Crippen molar-refractivity contribution in [2.75, 3.05) is 19.7 Å². The third-order valence-corrected chi connectivity index (χ3v) is 5.37. The standard InChI is InChI=1S/C21H24FN5O2/c1-15-12-26(16(2)11-25(15)13-17-7-9-18(22)10-8-17)21(28)14-29-27-20-6-4-3-5-19(20)23-24-27/h3-10,15-16H,11-14H2,1-2H3/t15-,16+/m0/s1. The van der Waals surface area contributed by atoms with Crippen LogP contribution in [0.25, 0.3) is 11.0 Å². The molecule has 0 bridgehead atoms. The summed E-state index contributed by atoms with van der Waals surface area (Å²) in [5.41, 5.74) is 2.51. The fourth-order valence-electron chi connectivity index (χ4n) is 3.73. The predicted molar refractivity (Wildman–Crippen MR) is 106 cm³/mol. The maximum absolute atomic E-state index is 13.1. The summed E-state index contributed by atoms with van der Waals surface area (Å²) in [5.74, 6) is -0.309. The number of benzene rings is 2. The number of piperazine rings is 1. The second-order valence-corrected chi connectivity index (χ2v) is 7.52. The van der Waals surface area contributed by atoms with Crippen LogP contribution in [0.2, 0.25) is 0 Å². The SMILES string of the molecule is C[C@@H]1CN(Cc2ccc(F)cc2)[C@@H](C)CN1C(=O)COn1nnc2ccccc21. The smallest absolute Gasteiger partial charge is 0.263 e. The van der Waals surface area contributed by atoms with Crippen molar-refractivity contribution in [2.24, 2.45) is 0 Å². The van der Waals surface area contributed by atoms with E-state index in [1.54, 1.807) is 12.1 Å². The van der Waals surface area contributed by atoms with E-state index in [-0.39, 0.29) is 30.4 Å². The second-order valence-electron chi connectivity index (χ2n) is 7.52. The number of halogens is 1. The lowest BCUT2D eigenvalue weighted by molar-refractivity contribution is -0.142. The van der Waals surface area contributed by atoms with Crippen molar-refractivity contribution in [2.45, 2.75) is 32.5 Å². The van der Waals surface area contributed by atoms with Crippen LogP contribution in [0.15, 0.2) is 48.5 Å². The van der Waals surface area contributed by atoms with Gasteiger partial charge in [0.25, 0.3) is 5.91 Å². The van der Waals surface area contributed by atoms with Crippen molar-refractivity contribution in [3.8, 4) is 0 Å². The Bertz CT molecular complexity index is 990. The monoisotopic (exact) mass is 397 g/mol. The number of rotatable bonds is 5. The van der Waals surface area contributed by atoms with Crippen molar-refractivity contribution in [1.29, 1.82) is 0 Å². The summed E-state index contributed by atoms with van der Waals surface area (Å²) in [7, 11) is 0. The van der Waals surface area contributed by atoms with E-state index >= 15 is 0 Å². The highest BCUT2D eigenvalue weighted by Gasteiger charge is 2.32. The van der Waals surface area contributed by atoms with Gasteiger partial charge in [-0.15, -0.1) is 5.10 Å². The zero-order chi connectivity index (χ0) is 20.4. The van der Waals surface area contributed by atoms with Gasteiger partial charge in [-0.05, 0) is 48.9 Å². The number of aromatic nitrogens is 3. The molecule has 1 amide bonds. The van der Waals surface area contributed by atoms with Crippen molar-refractivity contribution in [3.63, 3.8) is 0 Å². The van der Waals surface area contributed by atoms with Gasteiger partial charge in [-0.25, -0.2) is 4.39 Å². The van der Waals surface area contributed by atoms with Gasteiger partial charge in [-0.1, -0.05) is 29.1 Å². The highest BCUT2D eigenvalue weighted by Crippen LogP contribution is 2.18. The van der Waals surface area contributed by atoms with E-state index in [2.05, 4.69) is 22.1 Å². The lowest BCUT2D eigenvalue weighted by atomic mass is 10.1. The van der Waals surface area contributed by atoms with Crippen molar-refractivity contribution >= 4 is 16.9 Å². The van der Waals surface area contributed by atoms with E-state index < -0.39 is 0 Å². The predicted octanol–water partition coefficient (Wildman–Crippen LogP) is 2.12. The van der Waals surface area contributed by atoms with Gasteiger partial charge in [0.2, 0.25) is 0 Å². The van der Waals surface area contributed by atoms with Gasteiger partial charge in [-0.3, -0.25) is 9.69 Å². The molecule has 7 nitrogen and oxygen atoms in total. The molecule has 0 spiro atoms. The molecule has 0 radical (unpaired) electrons. The minimum Gasteiger partial charge on any atom is -0.385 e. The largest absolute Gasteiger partial charge is 0.385 e. The molecule has 1 fully saturated rings. The van der Waals surface area contributed by atoms with E-state index in [1.165, 1.54) is 17.0 Å². The fraction of sp³-hybridized carbons (Fsp3) is 0.381. The molecule has 3 aromatic rings. The Hall–Kier alpha value is -3.00. The fourth-order valence-corrected chi connectivity index (χ4v) is 3.73. The van der Waals surface area contributed by atoms with E-state index in [0.717, 1.165) is 29.7 Å². The Morgan fingerprint density at radius 3 is 2.66 bits per heavy atom. The Morgan fingerprint density at radius 1 is 1.10 bits per heavy atom. The highest BCUT2D eigenvalue weighted by molar-refractivity contribution is 5.78. The van der Waals surface area contributed by atoms with Crippen molar-refractivity contribution < 1.29 is 14.0 Å². The molecule has 0 aliphatic carbocycles. The lowest BCUT2D eigenvalue weighted by Crippen LogP contribution is -2.58. The van der Waals surface area contributed by atoms with E-state index in [0.29, 0.717) is 6.54 Å². The molecule has 0 N–H and O–H groups in total. The van der Waals surface area contributed by atoms with Crippen LogP contribution in [-0.4, -0.2) is 62.6 Å². The molecule has 1 saturated heterocycles. The Labute approximate surface area is 168 Å². The van der Waals surface area contributed by atoms with Crippen LogP contribution in [0.5, 0.6) is 0 Å². The van der Waals surface area contributed by atoms with Crippen molar-refractivity contribution in [3.05, 3.63) is 59.9 Å². The summed E-state index contributed by atoms with van der Waals surface area (Å²) in [5, 5.41) is 7.97. The van der Waals surface area contributed by atoms with Gasteiger partial charge in [-0.2, -0.15) is 0 Å². The van der Waals surface area contributed by atoms with Crippen LogP contribution in [0.4, 0.5) is 4.39 Å². The van der Waals surface area contributed by atoms with E-state index in [1.807, 2.05) is 36.1 Å². The summed E-state index contributed by atoms with van der Waals surface area (Å²) in [6.07, 6.45) is 0. The maximum atomic E-state index is 13.1. The van der Waals surface area contributed by atoms with Gasteiger partial charge in [0.15, 0.2) is 6.61 Å². The Kier molecular flexibility index (Phi) is 5.44. The molecule has 0 unspecified atom stereocenters. The van der Waals surface area contributed by atoms with Gasteiger partial charge >= 0.3 is 0 Å².